The molecule has 2 rings (SSSR count). The first-order chi connectivity index (χ1) is 9.60. The lowest BCUT2D eigenvalue weighted by Gasteiger charge is -2.09. The number of carbonyl (C=O) groups excluding carboxylic acids is 1. The average Bonchev–Trinajstić information content (AvgIpc) is 2.43. The van der Waals surface area contributed by atoms with E-state index in [4.69, 9.17) is 21.1 Å². The largest absolute Gasteiger partial charge is 0.494 e. The van der Waals surface area contributed by atoms with Gasteiger partial charge in [0.05, 0.1) is 11.6 Å². The van der Waals surface area contributed by atoms with E-state index in [1.165, 1.54) is 6.92 Å². The summed E-state index contributed by atoms with van der Waals surface area (Å²) in [7, 11) is 0. The van der Waals surface area contributed by atoms with Crippen LogP contribution in [-0.2, 0) is 0 Å². The summed E-state index contributed by atoms with van der Waals surface area (Å²) in [5, 5.41) is 0.409. The van der Waals surface area contributed by atoms with Crippen LogP contribution in [0, 0.1) is 0 Å². The molecule has 0 spiro atoms. The molecule has 0 N–H and O–H groups in total. The van der Waals surface area contributed by atoms with E-state index in [1.807, 2.05) is 19.1 Å². The predicted octanol–water partition coefficient (Wildman–Crippen LogP) is 4.73. The van der Waals surface area contributed by atoms with Crippen LogP contribution in [0.4, 0.5) is 0 Å². The van der Waals surface area contributed by atoms with Crippen LogP contribution in [-0.4, -0.2) is 12.4 Å². The number of ether oxygens (including phenoxy) is 2. The fraction of sp³-hybridized carbons (Fsp3) is 0.188. The maximum absolute atomic E-state index is 11.3. The highest BCUT2D eigenvalue weighted by atomic mass is 35.5. The summed E-state index contributed by atoms with van der Waals surface area (Å²) in [6.07, 6.45) is 0. The Bertz CT molecular complexity index is 606. The van der Waals surface area contributed by atoms with Crippen LogP contribution in [0.5, 0.6) is 17.2 Å². The van der Waals surface area contributed by atoms with Crippen LogP contribution in [0.15, 0.2) is 42.5 Å². The summed E-state index contributed by atoms with van der Waals surface area (Å²) in [4.78, 5) is 11.3. The van der Waals surface area contributed by atoms with Gasteiger partial charge in [-0.1, -0.05) is 11.6 Å². The van der Waals surface area contributed by atoms with Crippen molar-refractivity contribution in [3.05, 3.63) is 53.1 Å². The van der Waals surface area contributed by atoms with Gasteiger partial charge in [0.1, 0.15) is 17.2 Å². The lowest BCUT2D eigenvalue weighted by Crippen LogP contribution is -1.93. The van der Waals surface area contributed by atoms with Crippen molar-refractivity contribution in [2.75, 3.05) is 6.61 Å². The SMILES string of the molecule is CCOc1ccc(Oc2ccc(C(C)=O)cc2Cl)cc1. The van der Waals surface area contributed by atoms with Crippen LogP contribution in [0.25, 0.3) is 0 Å². The third kappa shape index (κ3) is 3.52. The third-order valence-corrected chi connectivity index (χ3v) is 3.00. The number of ketones is 1. The first kappa shape index (κ1) is 14.4. The molecule has 2 aromatic rings. The number of carbonyl (C=O) groups is 1. The van der Waals surface area contributed by atoms with Gasteiger partial charge in [0, 0.05) is 5.56 Å². The van der Waals surface area contributed by atoms with Crippen molar-refractivity contribution in [3.8, 4) is 17.2 Å². The molecule has 0 unspecified atom stereocenters. The number of hydrogen-bond acceptors (Lipinski definition) is 3. The first-order valence-electron chi connectivity index (χ1n) is 6.31. The zero-order valence-corrected chi connectivity index (χ0v) is 12.1. The molecular weight excluding hydrogens is 276 g/mol. The third-order valence-electron chi connectivity index (χ3n) is 2.70. The van der Waals surface area contributed by atoms with Gasteiger partial charge in [-0.25, -0.2) is 0 Å². The molecule has 4 heteroatoms. The summed E-state index contributed by atoms with van der Waals surface area (Å²) < 4.78 is 11.0. The van der Waals surface area contributed by atoms with E-state index in [9.17, 15) is 4.79 Å². The molecule has 0 heterocycles. The van der Waals surface area contributed by atoms with Crippen molar-refractivity contribution < 1.29 is 14.3 Å². The van der Waals surface area contributed by atoms with Crippen molar-refractivity contribution in [1.29, 1.82) is 0 Å². The molecule has 0 atom stereocenters. The van der Waals surface area contributed by atoms with E-state index in [1.54, 1.807) is 30.3 Å². The van der Waals surface area contributed by atoms with Gasteiger partial charge in [-0.3, -0.25) is 4.79 Å². The highest BCUT2D eigenvalue weighted by molar-refractivity contribution is 6.32. The van der Waals surface area contributed by atoms with Gasteiger partial charge in [0.25, 0.3) is 0 Å². The van der Waals surface area contributed by atoms with E-state index in [2.05, 4.69) is 0 Å². The standard InChI is InChI=1S/C16H15ClO3/c1-3-19-13-5-7-14(8-6-13)20-16-9-4-12(11(2)18)10-15(16)17/h4-10H,3H2,1-2H3. The monoisotopic (exact) mass is 290 g/mol. The smallest absolute Gasteiger partial charge is 0.159 e. The van der Waals surface area contributed by atoms with Crippen LogP contribution in [0.1, 0.15) is 24.2 Å². The number of rotatable bonds is 5. The van der Waals surface area contributed by atoms with Crippen molar-refractivity contribution in [2.24, 2.45) is 0 Å². The fourth-order valence-corrected chi connectivity index (χ4v) is 1.92. The minimum Gasteiger partial charge on any atom is -0.494 e. The Morgan fingerprint density at radius 3 is 2.30 bits per heavy atom. The zero-order valence-electron chi connectivity index (χ0n) is 11.4. The lowest BCUT2D eigenvalue weighted by molar-refractivity contribution is 0.101. The molecular formula is C16H15ClO3. The van der Waals surface area contributed by atoms with Crippen LogP contribution in [0.3, 0.4) is 0 Å². The Hall–Kier alpha value is -2.00. The zero-order chi connectivity index (χ0) is 14.5. The summed E-state index contributed by atoms with van der Waals surface area (Å²) >= 11 is 6.10. The van der Waals surface area contributed by atoms with E-state index in [-0.39, 0.29) is 5.78 Å². The fourth-order valence-electron chi connectivity index (χ4n) is 1.70. The van der Waals surface area contributed by atoms with Gasteiger partial charge in [-0.15, -0.1) is 0 Å². The van der Waals surface area contributed by atoms with Crippen molar-refractivity contribution in [2.45, 2.75) is 13.8 Å². The van der Waals surface area contributed by atoms with Crippen molar-refractivity contribution >= 4 is 17.4 Å². The topological polar surface area (TPSA) is 35.5 Å². The Morgan fingerprint density at radius 2 is 1.75 bits per heavy atom. The van der Waals surface area contributed by atoms with Gasteiger partial charge in [0.2, 0.25) is 0 Å². The van der Waals surface area contributed by atoms with Gasteiger partial charge >= 0.3 is 0 Å². The predicted molar refractivity (Wildman–Crippen MR) is 79.1 cm³/mol. The molecule has 0 radical (unpaired) electrons. The summed E-state index contributed by atoms with van der Waals surface area (Å²) in [5.74, 6) is 1.93. The van der Waals surface area contributed by atoms with Gasteiger partial charge < -0.3 is 9.47 Å². The minimum absolute atomic E-state index is 0.0282. The maximum atomic E-state index is 11.3. The quantitative estimate of drug-likeness (QED) is 0.747. The normalized spacial score (nSPS) is 10.2. The molecule has 3 nitrogen and oxygen atoms in total. The summed E-state index contributed by atoms with van der Waals surface area (Å²) in [5.41, 5.74) is 0.564. The van der Waals surface area contributed by atoms with Gasteiger partial charge in [-0.2, -0.15) is 0 Å². The second kappa shape index (κ2) is 6.44. The number of halogens is 1. The summed E-state index contributed by atoms with van der Waals surface area (Å²) in [6.45, 7) is 4.05. The average molecular weight is 291 g/mol. The molecule has 0 amide bonds. The Balaban J connectivity index is 2.15. The van der Waals surface area contributed by atoms with E-state index in [0.717, 1.165) is 5.75 Å². The lowest BCUT2D eigenvalue weighted by atomic mass is 10.1. The number of Topliss-reactive ketones (excluding diaryl/α,β-unsaturated/α-hetero) is 1. The Labute approximate surface area is 123 Å². The Morgan fingerprint density at radius 1 is 1.10 bits per heavy atom. The number of hydrogen-bond donors (Lipinski definition) is 0. The molecule has 0 aliphatic carbocycles. The minimum atomic E-state index is -0.0282. The van der Waals surface area contributed by atoms with Gasteiger partial charge in [-0.05, 0) is 56.3 Å². The molecule has 104 valence electrons. The van der Waals surface area contributed by atoms with E-state index < -0.39 is 0 Å². The number of benzene rings is 2. The Kier molecular flexibility index (Phi) is 4.64. The van der Waals surface area contributed by atoms with Crippen LogP contribution in [0.2, 0.25) is 5.02 Å². The molecule has 0 bridgehead atoms. The van der Waals surface area contributed by atoms with Gasteiger partial charge in [0.15, 0.2) is 5.78 Å². The van der Waals surface area contributed by atoms with Crippen LogP contribution >= 0.6 is 11.6 Å². The highest BCUT2D eigenvalue weighted by Gasteiger charge is 2.07. The molecule has 0 saturated carbocycles. The molecule has 0 aliphatic heterocycles. The second-order valence-electron chi connectivity index (χ2n) is 4.21. The first-order valence-corrected chi connectivity index (χ1v) is 6.69. The molecule has 20 heavy (non-hydrogen) atoms. The van der Waals surface area contributed by atoms with Crippen LogP contribution < -0.4 is 9.47 Å². The maximum Gasteiger partial charge on any atom is 0.159 e. The van der Waals surface area contributed by atoms with Crippen molar-refractivity contribution in [3.63, 3.8) is 0 Å². The van der Waals surface area contributed by atoms with E-state index >= 15 is 0 Å². The molecule has 0 aromatic heterocycles. The summed E-state index contributed by atoms with van der Waals surface area (Å²) in [6, 6.07) is 12.3. The highest BCUT2D eigenvalue weighted by Crippen LogP contribution is 2.31. The van der Waals surface area contributed by atoms with Crippen molar-refractivity contribution in [1.82, 2.24) is 0 Å². The second-order valence-corrected chi connectivity index (χ2v) is 4.62. The molecule has 0 saturated heterocycles. The van der Waals surface area contributed by atoms with E-state index in [0.29, 0.717) is 28.7 Å². The molecule has 0 aliphatic rings. The molecule has 0 fully saturated rings. The molecule has 2 aromatic carbocycles.